The summed E-state index contributed by atoms with van der Waals surface area (Å²) in [5.74, 6) is -1.80. The molecule has 13 nitrogen and oxygen atoms in total. The number of phenols is 3. The van der Waals surface area contributed by atoms with E-state index in [4.69, 9.17) is 13.9 Å². The van der Waals surface area contributed by atoms with Gasteiger partial charge in [0.05, 0.1) is 24.3 Å². The predicted molar refractivity (Wildman–Crippen MR) is 126 cm³/mol. The summed E-state index contributed by atoms with van der Waals surface area (Å²) in [6.07, 6.45) is -13.3. The van der Waals surface area contributed by atoms with Crippen molar-refractivity contribution in [3.05, 3.63) is 51.7 Å². The van der Waals surface area contributed by atoms with E-state index in [1.54, 1.807) is 0 Å². The van der Waals surface area contributed by atoms with Crippen LogP contribution in [0.5, 0.6) is 17.2 Å². The van der Waals surface area contributed by atoms with Crippen LogP contribution in [0.15, 0.2) is 39.5 Å². The summed E-state index contributed by atoms with van der Waals surface area (Å²) in [4.78, 5) is 13.3. The molecule has 2 aromatic carbocycles. The van der Waals surface area contributed by atoms with Crippen LogP contribution in [0.2, 0.25) is 0 Å². The number of aliphatic hydroxyl groups is 6. The smallest absolute Gasteiger partial charge is 0.197 e. The van der Waals surface area contributed by atoms with Crippen molar-refractivity contribution in [1.82, 2.24) is 0 Å². The molecule has 13 heteroatoms. The number of hydrogen-bond acceptors (Lipinski definition) is 13. The molecule has 0 radical (unpaired) electrons. The van der Waals surface area contributed by atoms with Gasteiger partial charge in [0.25, 0.3) is 0 Å². The van der Waals surface area contributed by atoms with Crippen LogP contribution >= 0.6 is 0 Å². The number of benzene rings is 2. The summed E-state index contributed by atoms with van der Waals surface area (Å²) in [5.41, 5.74) is -1.86. The largest absolute Gasteiger partial charge is 0.508 e. The Hall–Kier alpha value is -3.27. The first-order valence-corrected chi connectivity index (χ1v) is 11.7. The minimum Gasteiger partial charge on any atom is -0.508 e. The van der Waals surface area contributed by atoms with Gasteiger partial charge in [-0.3, -0.25) is 4.79 Å². The fourth-order valence-corrected chi connectivity index (χ4v) is 4.83. The maximum absolute atomic E-state index is 13.3. The van der Waals surface area contributed by atoms with Crippen molar-refractivity contribution in [2.24, 2.45) is 0 Å². The number of phenolic OH excluding ortho intramolecular Hbond substituents is 3. The molecule has 2 saturated heterocycles. The van der Waals surface area contributed by atoms with Gasteiger partial charge in [-0.1, -0.05) is 0 Å². The second-order valence-electron chi connectivity index (χ2n) is 9.36. The van der Waals surface area contributed by atoms with Crippen LogP contribution in [-0.4, -0.2) is 95.8 Å². The van der Waals surface area contributed by atoms with Gasteiger partial charge in [0, 0.05) is 11.6 Å². The zero-order valence-electron chi connectivity index (χ0n) is 19.6. The molecule has 2 aliphatic heterocycles. The van der Waals surface area contributed by atoms with Crippen molar-refractivity contribution in [2.45, 2.75) is 48.8 Å². The number of rotatable bonds is 3. The molecule has 0 spiro atoms. The second-order valence-corrected chi connectivity index (χ2v) is 9.36. The average Bonchev–Trinajstić information content (AvgIpc) is 2.88. The summed E-state index contributed by atoms with van der Waals surface area (Å²) < 4.78 is 16.8. The van der Waals surface area contributed by atoms with E-state index >= 15 is 0 Å². The SMILES string of the molecule is O=c1cc(-c2ccc(O)cc2)oc2c([C@@H]3OC[C@H](O)[C@H](O)[C@@H]3O)c(O)c([C@@H]3OC[C@H](O)[C@H](O)[C@@H]3O)c(O)c12. The molecular weight excluding hydrogens is 508 g/mol. The van der Waals surface area contributed by atoms with E-state index in [2.05, 4.69) is 0 Å². The molecule has 3 aromatic rings. The van der Waals surface area contributed by atoms with Crippen LogP contribution in [-0.2, 0) is 9.47 Å². The Kier molecular flexibility index (Phi) is 6.79. The quantitative estimate of drug-likeness (QED) is 0.194. The highest BCUT2D eigenvalue weighted by Crippen LogP contribution is 2.50. The Morgan fingerprint density at radius 1 is 0.684 bits per heavy atom. The van der Waals surface area contributed by atoms with E-state index in [1.165, 1.54) is 24.3 Å². The predicted octanol–water partition coefficient (Wildman–Crippen LogP) is -1.12. The maximum atomic E-state index is 13.3. The Bertz CT molecular complexity index is 1400. The highest BCUT2D eigenvalue weighted by molar-refractivity contribution is 5.91. The molecule has 2 fully saturated rings. The minimum atomic E-state index is -1.85. The van der Waals surface area contributed by atoms with E-state index in [1.807, 2.05) is 0 Å². The van der Waals surface area contributed by atoms with Gasteiger partial charge in [0.1, 0.15) is 77.2 Å². The van der Waals surface area contributed by atoms with E-state index in [9.17, 15) is 50.8 Å². The zero-order valence-corrected chi connectivity index (χ0v) is 19.6. The van der Waals surface area contributed by atoms with Crippen LogP contribution < -0.4 is 5.43 Å². The number of aliphatic hydroxyl groups excluding tert-OH is 6. The number of hydrogen-bond donors (Lipinski definition) is 9. The lowest BCUT2D eigenvalue weighted by Crippen LogP contribution is -2.49. The number of aromatic hydroxyl groups is 3. The van der Waals surface area contributed by atoms with Gasteiger partial charge in [-0.2, -0.15) is 0 Å². The molecule has 5 rings (SSSR count). The Labute approximate surface area is 213 Å². The summed E-state index contributed by atoms with van der Waals surface area (Å²) in [5, 5.41) is 93.1. The van der Waals surface area contributed by atoms with Gasteiger partial charge in [-0.25, -0.2) is 0 Å². The molecular formula is C25H26O13. The highest BCUT2D eigenvalue weighted by atomic mass is 16.5. The van der Waals surface area contributed by atoms with Gasteiger partial charge in [-0.05, 0) is 24.3 Å². The maximum Gasteiger partial charge on any atom is 0.197 e. The lowest BCUT2D eigenvalue weighted by Gasteiger charge is -2.38. The van der Waals surface area contributed by atoms with Gasteiger partial charge in [-0.15, -0.1) is 0 Å². The number of fused-ring (bicyclic) bond motifs is 1. The van der Waals surface area contributed by atoms with Crippen molar-refractivity contribution < 1.29 is 59.8 Å². The van der Waals surface area contributed by atoms with Crippen LogP contribution in [0, 0.1) is 0 Å². The third-order valence-corrected chi connectivity index (χ3v) is 6.92. The fraction of sp³-hybridized carbons (Fsp3) is 0.400. The van der Waals surface area contributed by atoms with Crippen LogP contribution in [0.1, 0.15) is 23.3 Å². The summed E-state index contributed by atoms with van der Waals surface area (Å²) >= 11 is 0. The molecule has 2 aliphatic rings. The molecule has 8 atom stereocenters. The normalized spacial score (nSPS) is 31.9. The van der Waals surface area contributed by atoms with Crippen LogP contribution in [0.25, 0.3) is 22.3 Å². The molecule has 38 heavy (non-hydrogen) atoms. The van der Waals surface area contributed by atoms with Crippen LogP contribution in [0.4, 0.5) is 0 Å². The van der Waals surface area contributed by atoms with Crippen molar-refractivity contribution in [1.29, 1.82) is 0 Å². The molecule has 0 bridgehead atoms. The first kappa shape index (κ1) is 26.3. The van der Waals surface area contributed by atoms with Crippen molar-refractivity contribution in [3.63, 3.8) is 0 Å². The summed E-state index contributed by atoms with van der Waals surface area (Å²) in [6, 6.07) is 6.60. The Morgan fingerprint density at radius 3 is 1.76 bits per heavy atom. The highest BCUT2D eigenvalue weighted by Gasteiger charge is 2.46. The molecule has 9 N–H and O–H groups in total. The van der Waals surface area contributed by atoms with E-state index in [0.717, 1.165) is 6.07 Å². The molecule has 204 valence electrons. The van der Waals surface area contributed by atoms with Crippen molar-refractivity contribution in [2.75, 3.05) is 13.2 Å². The van der Waals surface area contributed by atoms with Crippen LogP contribution in [0.3, 0.4) is 0 Å². The minimum absolute atomic E-state index is 0.0475. The standard InChI is InChI=1S/C25H26O13/c26-9-3-1-8(2-4-9)13-5-10(27)14-19(32)15(24-21(34)17(30)11(28)6-36-24)20(33)16(23(14)38-13)25-22(35)18(31)12(29)7-37-25/h1-5,11-12,17-18,21-22,24-26,28-35H,6-7H2/t11-,12-,17-,18-,21-,22-,24-,25-/m0/s1. The summed E-state index contributed by atoms with van der Waals surface area (Å²) in [7, 11) is 0. The monoisotopic (exact) mass is 534 g/mol. The first-order chi connectivity index (χ1) is 18.0. The van der Waals surface area contributed by atoms with Gasteiger partial charge >= 0.3 is 0 Å². The van der Waals surface area contributed by atoms with Gasteiger partial charge in [0.15, 0.2) is 11.0 Å². The average molecular weight is 534 g/mol. The second kappa shape index (κ2) is 9.80. The Balaban J connectivity index is 1.80. The van der Waals surface area contributed by atoms with E-state index in [0.29, 0.717) is 5.56 Å². The van der Waals surface area contributed by atoms with Crippen molar-refractivity contribution >= 4 is 11.0 Å². The summed E-state index contributed by atoms with van der Waals surface area (Å²) in [6.45, 7) is -0.966. The fourth-order valence-electron chi connectivity index (χ4n) is 4.83. The molecule has 0 unspecified atom stereocenters. The Morgan fingerprint density at radius 2 is 1.21 bits per heavy atom. The van der Waals surface area contributed by atoms with Gasteiger partial charge in [0.2, 0.25) is 0 Å². The van der Waals surface area contributed by atoms with Gasteiger partial charge < -0.3 is 59.8 Å². The molecule has 0 amide bonds. The molecule has 3 heterocycles. The molecule has 0 saturated carbocycles. The first-order valence-electron chi connectivity index (χ1n) is 11.7. The van der Waals surface area contributed by atoms with E-state index in [-0.39, 0.29) is 11.5 Å². The number of ether oxygens (including phenoxy) is 2. The molecule has 1 aromatic heterocycles. The topological polar surface area (TPSA) is 231 Å². The lowest BCUT2D eigenvalue weighted by atomic mass is 9.87. The lowest BCUT2D eigenvalue weighted by molar-refractivity contribution is -0.191. The third-order valence-electron chi connectivity index (χ3n) is 6.92. The van der Waals surface area contributed by atoms with Crippen molar-refractivity contribution in [3.8, 4) is 28.6 Å². The third kappa shape index (κ3) is 4.19. The van der Waals surface area contributed by atoms with E-state index < -0.39 is 101 Å². The molecule has 0 aliphatic carbocycles. The zero-order chi connectivity index (χ0) is 27.5.